The van der Waals surface area contributed by atoms with Gasteiger partial charge >= 0.3 is 7.75 Å². The normalized spacial score (nSPS) is 11.8. The van der Waals surface area contributed by atoms with Crippen molar-refractivity contribution in [2.24, 2.45) is 7.05 Å². The van der Waals surface area contributed by atoms with Gasteiger partial charge in [0.15, 0.2) is 5.43 Å². The smallest absolute Gasteiger partial charge is 0.308 e. The molecule has 0 saturated heterocycles. The van der Waals surface area contributed by atoms with Gasteiger partial charge in [-0.05, 0) is 29.7 Å². The van der Waals surface area contributed by atoms with E-state index in [0.717, 1.165) is 11.1 Å². The Morgan fingerprint density at radius 2 is 1.81 bits per heavy atom. The molecule has 3 N–H and O–H groups in total. The lowest BCUT2D eigenvalue weighted by molar-refractivity contribution is 0.380. The van der Waals surface area contributed by atoms with Gasteiger partial charge < -0.3 is 9.79 Å². The number of anilines is 1. The molecule has 2 aromatic heterocycles. The fourth-order valence-corrected chi connectivity index (χ4v) is 3.44. The highest BCUT2D eigenvalue weighted by Gasteiger charge is 2.13. The van der Waals surface area contributed by atoms with Crippen LogP contribution in [0.25, 0.3) is 32.8 Å². The summed E-state index contributed by atoms with van der Waals surface area (Å²) in [6.07, 6.45) is 5.21. The molecule has 27 heavy (non-hydrogen) atoms. The molecular weight excluding hydrogens is 367 g/mol. The van der Waals surface area contributed by atoms with Crippen LogP contribution < -0.4 is 10.5 Å². The van der Waals surface area contributed by atoms with E-state index in [2.05, 4.69) is 15.2 Å². The average Bonchev–Trinajstić information content (AvgIpc) is 2.99. The standard InChI is InChI=1S/C18H15N4O4P/c1-22-10-13(9-20-22)12-6-16-17(19-8-12)5-3-11-2-4-14(21-27(24,25)26)7-15(11)18(16)23/h2-10H,1H3,(H3,21,24,25,26). The van der Waals surface area contributed by atoms with Crippen LogP contribution in [0.1, 0.15) is 0 Å². The van der Waals surface area contributed by atoms with Crippen LogP contribution in [0.4, 0.5) is 5.69 Å². The zero-order chi connectivity index (χ0) is 19.2. The predicted molar refractivity (Wildman–Crippen MR) is 103 cm³/mol. The number of nitrogens with zero attached hydrogens (tertiary/aromatic N) is 3. The van der Waals surface area contributed by atoms with E-state index in [-0.39, 0.29) is 11.1 Å². The van der Waals surface area contributed by atoms with E-state index < -0.39 is 7.75 Å². The van der Waals surface area contributed by atoms with E-state index in [1.54, 1.807) is 48.4 Å². The second kappa shape index (κ2) is 6.28. The van der Waals surface area contributed by atoms with Crippen LogP contribution in [-0.2, 0) is 11.6 Å². The van der Waals surface area contributed by atoms with Gasteiger partial charge in [-0.1, -0.05) is 12.1 Å². The third-order valence-electron chi connectivity index (χ3n) is 4.19. The van der Waals surface area contributed by atoms with Crippen molar-refractivity contribution in [3.05, 3.63) is 65.2 Å². The fourth-order valence-electron chi connectivity index (χ4n) is 2.97. The first-order chi connectivity index (χ1) is 12.8. The van der Waals surface area contributed by atoms with E-state index in [4.69, 9.17) is 9.79 Å². The topological polar surface area (TPSA) is 117 Å². The maximum Gasteiger partial charge on any atom is 0.427 e. The summed E-state index contributed by atoms with van der Waals surface area (Å²) in [7, 11) is -2.66. The highest BCUT2D eigenvalue weighted by Crippen LogP contribution is 2.35. The first-order valence-corrected chi connectivity index (χ1v) is 9.61. The molecule has 0 saturated carbocycles. The van der Waals surface area contributed by atoms with E-state index in [9.17, 15) is 9.36 Å². The summed E-state index contributed by atoms with van der Waals surface area (Å²) in [6.45, 7) is 0. The molecule has 0 fully saturated rings. The van der Waals surface area contributed by atoms with Gasteiger partial charge in [0.2, 0.25) is 0 Å². The van der Waals surface area contributed by atoms with Gasteiger partial charge in [-0.25, -0.2) is 4.57 Å². The lowest BCUT2D eigenvalue weighted by Gasteiger charge is -2.07. The first-order valence-electron chi connectivity index (χ1n) is 8.00. The third-order valence-corrected chi connectivity index (χ3v) is 4.74. The SMILES string of the molecule is Cn1cc(-c2cnc3ccc4ccc(NP(=O)(O)O)cc4c(=O)c3c2)cn1. The van der Waals surface area contributed by atoms with Gasteiger partial charge in [0.05, 0.1) is 11.7 Å². The molecular formula is C18H15N4O4P. The Bertz CT molecular complexity index is 1300. The second-order valence-corrected chi connectivity index (χ2v) is 7.49. The van der Waals surface area contributed by atoms with Crippen molar-refractivity contribution in [1.29, 1.82) is 0 Å². The number of pyridine rings is 1. The molecule has 2 aromatic carbocycles. The first kappa shape index (κ1) is 17.4. The molecule has 0 radical (unpaired) electrons. The molecule has 2 heterocycles. The maximum absolute atomic E-state index is 13.1. The molecule has 8 nitrogen and oxygen atoms in total. The number of aromatic nitrogens is 3. The Morgan fingerprint density at radius 1 is 1.04 bits per heavy atom. The predicted octanol–water partition coefficient (Wildman–Crippen LogP) is 2.65. The van der Waals surface area contributed by atoms with Crippen molar-refractivity contribution in [1.82, 2.24) is 14.8 Å². The molecule has 0 amide bonds. The van der Waals surface area contributed by atoms with Crippen molar-refractivity contribution in [2.75, 3.05) is 5.09 Å². The summed E-state index contributed by atoms with van der Waals surface area (Å²) in [4.78, 5) is 35.7. The molecule has 0 unspecified atom stereocenters. The van der Waals surface area contributed by atoms with Crippen LogP contribution in [0.15, 0.2) is 59.8 Å². The number of nitrogens with one attached hydrogen (secondary N) is 1. The number of rotatable bonds is 3. The van der Waals surface area contributed by atoms with E-state index in [1.165, 1.54) is 12.1 Å². The minimum atomic E-state index is -4.47. The zero-order valence-electron chi connectivity index (χ0n) is 14.2. The Kier molecular flexibility index (Phi) is 4.04. The third kappa shape index (κ3) is 3.46. The highest BCUT2D eigenvalue weighted by atomic mass is 31.2. The van der Waals surface area contributed by atoms with Crippen LogP contribution in [0, 0.1) is 0 Å². The Balaban J connectivity index is 1.97. The summed E-state index contributed by atoms with van der Waals surface area (Å²) < 4.78 is 12.9. The molecule has 0 aliphatic rings. The van der Waals surface area contributed by atoms with Crippen LogP contribution in [0.3, 0.4) is 0 Å². The summed E-state index contributed by atoms with van der Waals surface area (Å²) in [6, 6.07) is 9.85. The molecule has 136 valence electrons. The van der Waals surface area contributed by atoms with Crippen molar-refractivity contribution in [2.45, 2.75) is 0 Å². The molecule has 9 heteroatoms. The van der Waals surface area contributed by atoms with Crippen LogP contribution in [0.5, 0.6) is 0 Å². The number of benzene rings is 1. The summed E-state index contributed by atoms with van der Waals surface area (Å²) in [5, 5.41) is 7.64. The Labute approximate surface area is 153 Å². The molecule has 0 atom stereocenters. The minimum absolute atomic E-state index is 0.170. The largest absolute Gasteiger partial charge is 0.427 e. The van der Waals surface area contributed by atoms with Crippen molar-refractivity contribution in [3.8, 4) is 11.1 Å². The minimum Gasteiger partial charge on any atom is -0.308 e. The molecule has 0 spiro atoms. The summed E-state index contributed by atoms with van der Waals surface area (Å²) in [5.41, 5.74) is 2.04. The van der Waals surface area contributed by atoms with Gasteiger partial charge in [0.25, 0.3) is 0 Å². The number of hydrogen-bond donors (Lipinski definition) is 3. The van der Waals surface area contributed by atoms with Crippen molar-refractivity contribution >= 4 is 35.1 Å². The second-order valence-electron chi connectivity index (χ2n) is 6.18. The van der Waals surface area contributed by atoms with Crippen molar-refractivity contribution in [3.63, 3.8) is 0 Å². The highest BCUT2D eigenvalue weighted by molar-refractivity contribution is 7.53. The van der Waals surface area contributed by atoms with Crippen LogP contribution in [-0.4, -0.2) is 24.6 Å². The zero-order valence-corrected chi connectivity index (χ0v) is 15.1. The lowest BCUT2D eigenvalue weighted by Crippen LogP contribution is -2.01. The van der Waals surface area contributed by atoms with Gasteiger partial charge in [-0.15, -0.1) is 0 Å². The Morgan fingerprint density at radius 3 is 2.52 bits per heavy atom. The van der Waals surface area contributed by atoms with Gasteiger partial charge in [0.1, 0.15) is 0 Å². The summed E-state index contributed by atoms with van der Waals surface area (Å²) >= 11 is 0. The quantitative estimate of drug-likeness (QED) is 0.466. The van der Waals surface area contributed by atoms with Crippen LogP contribution in [0.2, 0.25) is 0 Å². The van der Waals surface area contributed by atoms with E-state index in [0.29, 0.717) is 21.7 Å². The van der Waals surface area contributed by atoms with Gasteiger partial charge in [0, 0.05) is 47.0 Å². The molecule has 0 aliphatic heterocycles. The van der Waals surface area contributed by atoms with Gasteiger partial charge in [-0.2, -0.15) is 5.10 Å². The van der Waals surface area contributed by atoms with Gasteiger partial charge in [-0.3, -0.25) is 19.5 Å². The Hall–Kier alpha value is -3.06. The lowest BCUT2D eigenvalue weighted by atomic mass is 10.1. The number of fused-ring (bicyclic) bond motifs is 2. The molecule has 4 aromatic rings. The summed E-state index contributed by atoms with van der Waals surface area (Å²) in [5.74, 6) is 0. The average molecular weight is 382 g/mol. The molecule has 4 rings (SSSR count). The van der Waals surface area contributed by atoms with Crippen molar-refractivity contribution < 1.29 is 14.4 Å². The number of hydrogen-bond acceptors (Lipinski definition) is 4. The molecule has 0 aliphatic carbocycles. The monoisotopic (exact) mass is 382 g/mol. The fraction of sp³-hybridized carbons (Fsp3) is 0.0556. The maximum atomic E-state index is 13.1. The van der Waals surface area contributed by atoms with E-state index >= 15 is 0 Å². The number of aryl methyl sites for hydroxylation is 1. The van der Waals surface area contributed by atoms with E-state index in [1.807, 2.05) is 6.20 Å². The molecule has 0 bridgehead atoms. The van der Waals surface area contributed by atoms with Crippen LogP contribution >= 0.6 is 7.75 Å².